The molecular weight excluding hydrogens is 588 g/mol. The van der Waals surface area contributed by atoms with E-state index in [-0.39, 0.29) is 41.7 Å². The summed E-state index contributed by atoms with van der Waals surface area (Å²) in [6, 6.07) is 0. The minimum atomic E-state index is -2.32. The van der Waals surface area contributed by atoms with E-state index in [0.717, 1.165) is 6.42 Å². The number of Topliss-reactive ketones (excluding diaryl/α,β-unsaturated/α-hetero) is 2. The minimum Gasteiger partial charge on any atom is -0.458 e. The summed E-state index contributed by atoms with van der Waals surface area (Å²) >= 11 is 0. The lowest BCUT2D eigenvalue weighted by atomic mass is 9.70. The molecule has 9 heteroatoms. The Kier molecular flexibility index (Phi) is 13.1. The third kappa shape index (κ3) is 9.37. The van der Waals surface area contributed by atoms with Gasteiger partial charge in [-0.3, -0.25) is 14.4 Å². The van der Waals surface area contributed by atoms with Crippen LogP contribution in [0.15, 0.2) is 11.6 Å². The van der Waals surface area contributed by atoms with Crippen molar-refractivity contribution in [2.24, 2.45) is 35.0 Å². The van der Waals surface area contributed by atoms with Crippen LogP contribution in [0.5, 0.6) is 0 Å². The van der Waals surface area contributed by atoms with Crippen LogP contribution in [0.4, 0.5) is 0 Å². The van der Waals surface area contributed by atoms with E-state index < -0.39 is 61.6 Å². The van der Waals surface area contributed by atoms with Gasteiger partial charge >= 0.3 is 5.97 Å². The Morgan fingerprint density at radius 2 is 1.62 bits per heavy atom. The second-order valence-electron chi connectivity index (χ2n) is 16.5. The molecule has 45 heavy (non-hydrogen) atoms. The van der Waals surface area contributed by atoms with Crippen LogP contribution in [-0.4, -0.2) is 67.8 Å². The quantitative estimate of drug-likeness (QED) is 0.181. The summed E-state index contributed by atoms with van der Waals surface area (Å²) in [7, 11) is -2.32. The Bertz CT molecular complexity index is 1090. The van der Waals surface area contributed by atoms with Crippen LogP contribution in [0, 0.1) is 35.0 Å². The fourth-order valence-electron chi connectivity index (χ4n) is 6.71. The van der Waals surface area contributed by atoms with E-state index in [1.54, 1.807) is 27.7 Å². The highest BCUT2D eigenvalue weighted by atomic mass is 28.4. The number of cyclic esters (lactones) is 1. The first-order valence-electron chi connectivity index (χ1n) is 17.0. The van der Waals surface area contributed by atoms with Crippen LogP contribution in [-0.2, 0) is 33.0 Å². The number of allylic oxidation sites excluding steroid dienone is 1. The Morgan fingerprint density at radius 3 is 2.16 bits per heavy atom. The number of hydrogen-bond acceptors (Lipinski definition) is 8. The van der Waals surface area contributed by atoms with E-state index in [1.165, 1.54) is 6.08 Å². The summed E-state index contributed by atoms with van der Waals surface area (Å²) in [5, 5.41) is 12.0. The highest BCUT2D eigenvalue weighted by molar-refractivity contribution is 6.74. The van der Waals surface area contributed by atoms with Gasteiger partial charge in [0.05, 0.1) is 18.8 Å². The fraction of sp³-hybridized carbons (Fsp3) is 0.861. The summed E-state index contributed by atoms with van der Waals surface area (Å²) in [4.78, 5) is 41.5. The first-order valence-corrected chi connectivity index (χ1v) is 19.9. The van der Waals surface area contributed by atoms with Gasteiger partial charge in [0.1, 0.15) is 17.6 Å². The average Bonchev–Trinajstić information content (AvgIpc) is 2.92. The Morgan fingerprint density at radius 1 is 1.04 bits per heavy atom. The minimum absolute atomic E-state index is 0.0152. The lowest BCUT2D eigenvalue weighted by Crippen LogP contribution is -2.53. The maximum atomic E-state index is 14.0. The number of carbonyl (C=O) groups excluding carboxylic acids is 3. The Hall–Kier alpha value is -1.39. The summed E-state index contributed by atoms with van der Waals surface area (Å²) < 4.78 is 25.4. The van der Waals surface area contributed by atoms with E-state index >= 15 is 0 Å². The lowest BCUT2D eigenvalue weighted by Gasteiger charge is -2.45. The van der Waals surface area contributed by atoms with E-state index in [4.69, 9.17) is 18.6 Å². The first kappa shape index (κ1) is 39.8. The molecule has 0 spiro atoms. The largest absolute Gasteiger partial charge is 0.458 e. The molecule has 2 aliphatic heterocycles. The molecule has 8 nitrogen and oxygen atoms in total. The molecule has 0 unspecified atom stereocenters. The van der Waals surface area contributed by atoms with Gasteiger partial charge in [0.2, 0.25) is 0 Å². The van der Waals surface area contributed by atoms with Crippen molar-refractivity contribution in [2.75, 3.05) is 6.61 Å². The van der Waals surface area contributed by atoms with E-state index in [1.807, 2.05) is 27.7 Å². The second kappa shape index (κ2) is 14.8. The molecule has 0 aromatic heterocycles. The fourth-order valence-corrected chi connectivity index (χ4v) is 7.73. The van der Waals surface area contributed by atoms with Gasteiger partial charge in [0.25, 0.3) is 0 Å². The van der Waals surface area contributed by atoms with Crippen molar-refractivity contribution in [3.8, 4) is 0 Å². The van der Waals surface area contributed by atoms with Gasteiger partial charge in [0, 0.05) is 17.8 Å². The molecule has 0 bridgehead atoms. The van der Waals surface area contributed by atoms with Crippen LogP contribution < -0.4 is 0 Å². The predicted octanol–water partition coefficient (Wildman–Crippen LogP) is 7.28. The van der Waals surface area contributed by atoms with Crippen molar-refractivity contribution in [1.29, 1.82) is 0 Å². The molecule has 10 atom stereocenters. The zero-order chi connectivity index (χ0) is 34.9. The zero-order valence-corrected chi connectivity index (χ0v) is 31.9. The molecule has 0 saturated carbocycles. The third-order valence-corrected chi connectivity index (χ3v) is 15.4. The molecule has 2 aliphatic rings. The molecule has 0 amide bonds. The Labute approximate surface area is 274 Å². The summed E-state index contributed by atoms with van der Waals surface area (Å²) in [5.74, 6) is -2.86. The normalized spacial score (nSPS) is 39.1. The summed E-state index contributed by atoms with van der Waals surface area (Å²) in [6.07, 6.45) is 0.991. The molecule has 1 fully saturated rings. The molecule has 0 aromatic carbocycles. The summed E-state index contributed by atoms with van der Waals surface area (Å²) in [6.45, 7) is 29.4. The van der Waals surface area contributed by atoms with Crippen molar-refractivity contribution in [1.82, 2.24) is 0 Å². The van der Waals surface area contributed by atoms with Crippen molar-refractivity contribution >= 4 is 25.9 Å². The average molecular weight is 653 g/mol. The molecule has 2 heterocycles. The summed E-state index contributed by atoms with van der Waals surface area (Å²) in [5.41, 5.74) is -2.02. The maximum absolute atomic E-state index is 14.0. The predicted molar refractivity (Wildman–Crippen MR) is 180 cm³/mol. The van der Waals surface area contributed by atoms with Crippen molar-refractivity contribution < 1.29 is 38.1 Å². The first-order chi connectivity index (χ1) is 20.4. The number of ketones is 2. The number of carbonyl (C=O) groups is 3. The molecule has 0 aliphatic carbocycles. The smallest absolute Gasteiger partial charge is 0.316 e. The molecule has 0 radical (unpaired) electrons. The van der Waals surface area contributed by atoms with Crippen molar-refractivity contribution in [3.05, 3.63) is 11.6 Å². The van der Waals surface area contributed by atoms with Gasteiger partial charge in [0.15, 0.2) is 26.2 Å². The number of aliphatic hydroxyl groups is 1. The number of ether oxygens (including phenoxy) is 3. The van der Waals surface area contributed by atoms with Gasteiger partial charge < -0.3 is 23.7 Å². The lowest BCUT2D eigenvalue weighted by molar-refractivity contribution is -0.267. The van der Waals surface area contributed by atoms with Gasteiger partial charge in [-0.15, -0.1) is 0 Å². The SMILES string of the molecule is CC[C@H]1OC(=O)[C@H](C)C(=O)[C@H](C)[C@@H](O[C@@H]2O[C@H](C)C[C@H](C)[C@H]2C)C(C)(C)C[C@@H](C)C(=O)/C(C)=C/[C@@]1(O)CO[Si](C)(C)C(C)(C)C. The molecular formula is C36H64O8Si. The Balaban J connectivity index is 2.61. The topological polar surface area (TPSA) is 108 Å². The molecule has 0 aromatic rings. The molecule has 2 rings (SSSR count). The standard InChI is InChI=1S/C36H64O8Si/c1-16-28-36(40,20-41-45(14,15)34(9,10)11)19-23(4)29(37)22(3)18-35(12,13)31(26(7)30(38)27(8)32(39)43-28)44-33-25(6)21(2)17-24(5)42-33/h19,21-22,24-28,31,33,40H,16-18,20H2,1-15H3/b23-19+/t21-,22+,24+,25+,26-,27+,28+,31+,33-,36+/m0/s1. The van der Waals surface area contributed by atoms with Crippen LogP contribution in [0.3, 0.4) is 0 Å². The van der Waals surface area contributed by atoms with E-state index in [2.05, 4.69) is 47.7 Å². The zero-order valence-electron chi connectivity index (χ0n) is 30.9. The van der Waals surface area contributed by atoms with Crippen LogP contribution in [0.1, 0.15) is 109 Å². The molecule has 1 saturated heterocycles. The van der Waals surface area contributed by atoms with Gasteiger partial charge in [-0.1, -0.05) is 69.2 Å². The van der Waals surface area contributed by atoms with Gasteiger partial charge in [-0.05, 0) is 81.1 Å². The number of rotatable bonds is 6. The number of esters is 1. The highest BCUT2D eigenvalue weighted by Crippen LogP contribution is 2.42. The third-order valence-electron chi connectivity index (χ3n) is 10.9. The van der Waals surface area contributed by atoms with Crippen molar-refractivity contribution in [3.63, 3.8) is 0 Å². The van der Waals surface area contributed by atoms with Gasteiger partial charge in [-0.2, -0.15) is 0 Å². The van der Waals surface area contributed by atoms with Crippen molar-refractivity contribution in [2.45, 2.75) is 158 Å². The monoisotopic (exact) mass is 652 g/mol. The van der Waals surface area contributed by atoms with Crippen LogP contribution >= 0.6 is 0 Å². The van der Waals surface area contributed by atoms with E-state index in [0.29, 0.717) is 17.9 Å². The second-order valence-corrected chi connectivity index (χ2v) is 21.3. The highest BCUT2D eigenvalue weighted by Gasteiger charge is 2.48. The van der Waals surface area contributed by atoms with Crippen LogP contribution in [0.25, 0.3) is 0 Å². The molecule has 260 valence electrons. The van der Waals surface area contributed by atoms with Crippen LogP contribution in [0.2, 0.25) is 18.1 Å². The number of hydrogen-bond donors (Lipinski definition) is 1. The molecule has 1 N–H and O–H groups in total. The van der Waals surface area contributed by atoms with E-state index in [9.17, 15) is 19.5 Å². The maximum Gasteiger partial charge on any atom is 0.316 e. The van der Waals surface area contributed by atoms with Gasteiger partial charge in [-0.25, -0.2) is 0 Å².